The van der Waals surface area contributed by atoms with Crippen molar-refractivity contribution in [2.45, 2.75) is 41.5 Å². The van der Waals surface area contributed by atoms with Crippen molar-refractivity contribution in [2.75, 3.05) is 11.5 Å². The molecule has 8 nitrogen and oxygen atoms in total. The second-order valence-electron chi connectivity index (χ2n) is 6.60. The molecule has 4 heterocycles. The summed E-state index contributed by atoms with van der Waals surface area (Å²) in [7, 11) is 3.81. The van der Waals surface area contributed by atoms with Gasteiger partial charge in [0.2, 0.25) is 0 Å². The van der Waals surface area contributed by atoms with Gasteiger partial charge in [-0.2, -0.15) is 5.10 Å². The maximum Gasteiger partial charge on any atom is 0.133 e. The molecular weight excluding hydrogens is 400 g/mol. The van der Waals surface area contributed by atoms with E-state index in [9.17, 15) is 0 Å². The van der Waals surface area contributed by atoms with E-state index in [2.05, 4.69) is 20.1 Å². The topological polar surface area (TPSA) is 113 Å². The Kier molecular flexibility index (Phi) is 10.6. The van der Waals surface area contributed by atoms with Crippen LogP contribution in [-0.4, -0.2) is 29.3 Å². The molecule has 0 spiro atoms. The lowest BCUT2D eigenvalue weighted by atomic mass is 10.1. The Bertz CT molecular complexity index is 967. The summed E-state index contributed by atoms with van der Waals surface area (Å²) in [6.07, 6.45) is 10.8. The standard InChI is InChI=1S/2C10H12N4.2C2H6/c1-7-3-4-12-10(11)9(7)8-5-14(2)6-13-8;1-7-3-4-12-10(11)9(7)8-5-13-14(2)6-8;2*1-2/h2*3-6H,1-2H3,(H2,11,12);2*1-2H3. The first-order valence-corrected chi connectivity index (χ1v) is 10.8. The minimum atomic E-state index is 0.531. The molecule has 0 aliphatic carbocycles. The number of aryl methyl sites for hydroxylation is 4. The van der Waals surface area contributed by atoms with Gasteiger partial charge in [-0.25, -0.2) is 15.0 Å². The second kappa shape index (κ2) is 12.9. The zero-order valence-electron chi connectivity index (χ0n) is 20.5. The maximum absolute atomic E-state index is 5.81. The summed E-state index contributed by atoms with van der Waals surface area (Å²) in [5.74, 6) is 1.08. The number of nitrogens with two attached hydrogens (primary N) is 2. The Morgan fingerprint density at radius 3 is 1.69 bits per heavy atom. The minimum absolute atomic E-state index is 0.531. The van der Waals surface area contributed by atoms with Gasteiger partial charge in [-0.3, -0.25) is 4.68 Å². The number of aromatic nitrogens is 6. The van der Waals surface area contributed by atoms with E-state index in [0.717, 1.165) is 33.5 Å². The molecule has 4 aromatic heterocycles. The predicted octanol–water partition coefficient (Wildman–Crippen LogP) is 4.80. The van der Waals surface area contributed by atoms with Gasteiger partial charge in [0.25, 0.3) is 0 Å². The van der Waals surface area contributed by atoms with Crippen LogP contribution in [0.3, 0.4) is 0 Å². The first-order chi connectivity index (χ1) is 15.4. The molecule has 0 amide bonds. The van der Waals surface area contributed by atoms with Crippen LogP contribution in [0.4, 0.5) is 11.6 Å². The van der Waals surface area contributed by atoms with Crippen molar-refractivity contribution in [3.05, 3.63) is 60.6 Å². The van der Waals surface area contributed by atoms with Crippen molar-refractivity contribution in [3.63, 3.8) is 0 Å². The number of anilines is 2. The SMILES string of the molecule is CC.CC.Cc1ccnc(N)c1-c1cn(C)cn1.Cc1ccnc(N)c1-c1cnn(C)c1. The summed E-state index contributed by atoms with van der Waals surface area (Å²) < 4.78 is 3.64. The highest BCUT2D eigenvalue weighted by molar-refractivity contribution is 5.75. The fourth-order valence-electron chi connectivity index (χ4n) is 2.96. The summed E-state index contributed by atoms with van der Waals surface area (Å²) in [6.45, 7) is 12.0. The molecular formula is C24H36N8. The molecule has 4 N–H and O–H groups in total. The van der Waals surface area contributed by atoms with Crippen molar-refractivity contribution in [2.24, 2.45) is 14.1 Å². The lowest BCUT2D eigenvalue weighted by molar-refractivity contribution is 0.768. The highest BCUT2D eigenvalue weighted by Crippen LogP contribution is 2.27. The van der Waals surface area contributed by atoms with E-state index in [1.165, 1.54) is 0 Å². The van der Waals surface area contributed by atoms with E-state index in [1.807, 2.05) is 84.7 Å². The van der Waals surface area contributed by atoms with Gasteiger partial charge in [-0.05, 0) is 37.1 Å². The molecule has 0 atom stereocenters. The van der Waals surface area contributed by atoms with E-state index in [0.29, 0.717) is 11.6 Å². The molecule has 4 rings (SSSR count). The molecule has 8 heteroatoms. The highest BCUT2D eigenvalue weighted by atomic mass is 15.2. The van der Waals surface area contributed by atoms with Gasteiger partial charge in [0.1, 0.15) is 11.6 Å². The van der Waals surface area contributed by atoms with Crippen molar-refractivity contribution in [1.29, 1.82) is 0 Å². The van der Waals surface area contributed by atoms with Gasteiger partial charge < -0.3 is 16.0 Å². The molecule has 0 aliphatic heterocycles. The molecule has 0 aliphatic rings. The fraction of sp³-hybridized carbons (Fsp3) is 0.333. The molecule has 32 heavy (non-hydrogen) atoms. The highest BCUT2D eigenvalue weighted by Gasteiger charge is 2.09. The molecule has 4 aromatic rings. The van der Waals surface area contributed by atoms with Crippen molar-refractivity contribution >= 4 is 11.6 Å². The third-order valence-electron chi connectivity index (χ3n) is 4.33. The van der Waals surface area contributed by atoms with Crippen LogP contribution in [0, 0.1) is 13.8 Å². The third-order valence-corrected chi connectivity index (χ3v) is 4.33. The first-order valence-electron chi connectivity index (χ1n) is 10.8. The van der Waals surface area contributed by atoms with Crippen LogP contribution in [-0.2, 0) is 14.1 Å². The second-order valence-corrected chi connectivity index (χ2v) is 6.60. The smallest absolute Gasteiger partial charge is 0.133 e. The number of imidazole rings is 1. The lowest BCUT2D eigenvalue weighted by Gasteiger charge is -2.04. The largest absolute Gasteiger partial charge is 0.383 e. The quantitative estimate of drug-likeness (QED) is 0.467. The van der Waals surface area contributed by atoms with Crippen molar-refractivity contribution < 1.29 is 0 Å². The molecule has 172 valence electrons. The summed E-state index contributed by atoms with van der Waals surface area (Å²) >= 11 is 0. The van der Waals surface area contributed by atoms with E-state index < -0.39 is 0 Å². The Balaban J connectivity index is 0.000000277. The van der Waals surface area contributed by atoms with Gasteiger partial charge in [0, 0.05) is 55.6 Å². The Morgan fingerprint density at radius 2 is 1.28 bits per heavy atom. The van der Waals surface area contributed by atoms with Crippen molar-refractivity contribution in [1.82, 2.24) is 29.3 Å². The van der Waals surface area contributed by atoms with Gasteiger partial charge in [-0.15, -0.1) is 0 Å². The molecule has 0 saturated carbocycles. The summed E-state index contributed by atoms with van der Waals surface area (Å²) in [6, 6.07) is 3.87. The normalized spacial score (nSPS) is 9.50. The summed E-state index contributed by atoms with van der Waals surface area (Å²) in [5, 5.41) is 4.11. The fourth-order valence-corrected chi connectivity index (χ4v) is 2.96. The van der Waals surface area contributed by atoms with E-state index in [1.54, 1.807) is 29.6 Å². The van der Waals surface area contributed by atoms with E-state index in [-0.39, 0.29) is 0 Å². The molecule has 0 saturated heterocycles. The number of hydrogen-bond donors (Lipinski definition) is 2. The molecule has 0 aromatic carbocycles. The van der Waals surface area contributed by atoms with Crippen LogP contribution in [0.2, 0.25) is 0 Å². The van der Waals surface area contributed by atoms with Crippen LogP contribution in [0.25, 0.3) is 22.4 Å². The molecule has 0 bridgehead atoms. The zero-order chi connectivity index (χ0) is 24.3. The van der Waals surface area contributed by atoms with Crippen LogP contribution in [0.1, 0.15) is 38.8 Å². The van der Waals surface area contributed by atoms with Crippen LogP contribution < -0.4 is 11.5 Å². The summed E-state index contributed by atoms with van der Waals surface area (Å²) in [4.78, 5) is 12.4. The van der Waals surface area contributed by atoms with Crippen LogP contribution in [0.15, 0.2) is 49.4 Å². The van der Waals surface area contributed by atoms with E-state index in [4.69, 9.17) is 11.5 Å². The number of nitrogens with zero attached hydrogens (tertiary/aromatic N) is 6. The lowest BCUT2D eigenvalue weighted by Crippen LogP contribution is -1.96. The molecule has 0 fully saturated rings. The maximum atomic E-state index is 5.81. The number of hydrogen-bond acceptors (Lipinski definition) is 6. The molecule has 0 radical (unpaired) electrons. The minimum Gasteiger partial charge on any atom is -0.383 e. The number of nitrogen functional groups attached to an aromatic ring is 2. The Labute approximate surface area is 191 Å². The zero-order valence-corrected chi connectivity index (χ0v) is 20.5. The Hall–Kier alpha value is -3.68. The average Bonchev–Trinajstić information content (AvgIpc) is 3.40. The van der Waals surface area contributed by atoms with Crippen molar-refractivity contribution in [3.8, 4) is 22.4 Å². The monoisotopic (exact) mass is 436 g/mol. The van der Waals surface area contributed by atoms with Gasteiger partial charge in [0.15, 0.2) is 0 Å². The van der Waals surface area contributed by atoms with Crippen LogP contribution >= 0.6 is 0 Å². The van der Waals surface area contributed by atoms with Gasteiger partial charge >= 0.3 is 0 Å². The third kappa shape index (κ3) is 6.66. The van der Waals surface area contributed by atoms with Crippen LogP contribution in [0.5, 0.6) is 0 Å². The average molecular weight is 437 g/mol. The molecule has 0 unspecified atom stereocenters. The van der Waals surface area contributed by atoms with Gasteiger partial charge in [0.05, 0.1) is 18.2 Å². The summed E-state index contributed by atoms with van der Waals surface area (Å²) in [5.41, 5.74) is 17.6. The number of pyridine rings is 2. The first kappa shape index (κ1) is 26.4. The number of rotatable bonds is 2. The Morgan fingerprint density at radius 1 is 0.750 bits per heavy atom. The van der Waals surface area contributed by atoms with E-state index >= 15 is 0 Å². The van der Waals surface area contributed by atoms with Gasteiger partial charge in [-0.1, -0.05) is 27.7 Å². The predicted molar refractivity (Wildman–Crippen MR) is 134 cm³/mol.